The summed E-state index contributed by atoms with van der Waals surface area (Å²) in [6, 6.07) is 4.91. The molecule has 2 N–H and O–H groups in total. The van der Waals surface area contributed by atoms with Crippen LogP contribution in [0.5, 0.6) is 0 Å². The van der Waals surface area contributed by atoms with Crippen LogP contribution in [0.1, 0.15) is 27.7 Å². The third-order valence-corrected chi connectivity index (χ3v) is 2.76. The van der Waals surface area contributed by atoms with Gasteiger partial charge in [0.2, 0.25) is 0 Å². The maximum absolute atomic E-state index is 12.0. The molecule has 118 valence electrons. The molecule has 0 aliphatic rings. The summed E-state index contributed by atoms with van der Waals surface area (Å²) in [5, 5.41) is 10.2. The van der Waals surface area contributed by atoms with E-state index in [4.69, 9.17) is 4.74 Å². The summed E-state index contributed by atoms with van der Waals surface area (Å²) in [7, 11) is 0. The van der Waals surface area contributed by atoms with Crippen LogP contribution in [0.4, 0.5) is 15.3 Å². The predicted octanol–water partition coefficient (Wildman–Crippen LogP) is 2.96. The number of carbonyl (C=O) groups is 2. The minimum atomic E-state index is -0.515. The molecule has 2 amide bonds. The smallest absolute Gasteiger partial charge is 0.411 e. The lowest BCUT2D eigenvalue weighted by Gasteiger charge is -2.10. The highest BCUT2D eigenvalue weighted by atomic mass is 16.6. The summed E-state index contributed by atoms with van der Waals surface area (Å²) >= 11 is 0. The third kappa shape index (κ3) is 3.75. The SMILES string of the molecule is CC(C)NC(=O)n1ncc2cc(NC(=O)OC(C)C)ccc21. The van der Waals surface area contributed by atoms with Gasteiger partial charge in [-0.25, -0.2) is 9.59 Å². The highest BCUT2D eigenvalue weighted by molar-refractivity contribution is 5.94. The molecule has 1 aromatic heterocycles. The molecular weight excluding hydrogens is 284 g/mol. The zero-order valence-corrected chi connectivity index (χ0v) is 13.1. The van der Waals surface area contributed by atoms with Gasteiger partial charge >= 0.3 is 12.1 Å². The van der Waals surface area contributed by atoms with Crippen LogP contribution in [0.25, 0.3) is 10.9 Å². The van der Waals surface area contributed by atoms with Crippen molar-refractivity contribution >= 4 is 28.7 Å². The van der Waals surface area contributed by atoms with E-state index in [-0.39, 0.29) is 18.2 Å². The molecule has 2 rings (SSSR count). The molecule has 0 bridgehead atoms. The van der Waals surface area contributed by atoms with Crippen molar-refractivity contribution in [2.24, 2.45) is 0 Å². The van der Waals surface area contributed by atoms with E-state index in [2.05, 4.69) is 15.7 Å². The van der Waals surface area contributed by atoms with Crippen molar-refractivity contribution in [3.8, 4) is 0 Å². The zero-order chi connectivity index (χ0) is 16.3. The number of anilines is 1. The van der Waals surface area contributed by atoms with Crippen LogP contribution in [0.15, 0.2) is 24.4 Å². The van der Waals surface area contributed by atoms with Gasteiger partial charge in [-0.15, -0.1) is 0 Å². The van der Waals surface area contributed by atoms with Crippen molar-refractivity contribution in [2.75, 3.05) is 5.32 Å². The van der Waals surface area contributed by atoms with Gasteiger partial charge < -0.3 is 10.1 Å². The molecule has 0 saturated carbocycles. The topological polar surface area (TPSA) is 85.3 Å². The summed E-state index contributed by atoms with van der Waals surface area (Å²) in [6.07, 6.45) is 0.874. The zero-order valence-electron chi connectivity index (χ0n) is 13.1. The first-order valence-corrected chi connectivity index (χ1v) is 7.13. The van der Waals surface area contributed by atoms with Crippen LogP contribution >= 0.6 is 0 Å². The Bertz CT molecular complexity index is 691. The van der Waals surface area contributed by atoms with E-state index in [1.54, 1.807) is 38.2 Å². The molecule has 7 nitrogen and oxygen atoms in total. The quantitative estimate of drug-likeness (QED) is 0.913. The van der Waals surface area contributed by atoms with E-state index in [1.807, 2.05) is 13.8 Å². The number of amides is 2. The summed E-state index contributed by atoms with van der Waals surface area (Å²) in [5.41, 5.74) is 1.25. The van der Waals surface area contributed by atoms with E-state index >= 15 is 0 Å². The first-order valence-electron chi connectivity index (χ1n) is 7.13. The molecule has 22 heavy (non-hydrogen) atoms. The van der Waals surface area contributed by atoms with Crippen molar-refractivity contribution in [2.45, 2.75) is 39.8 Å². The Balaban J connectivity index is 2.19. The van der Waals surface area contributed by atoms with Crippen LogP contribution in [0, 0.1) is 0 Å². The molecule has 0 aliphatic heterocycles. The van der Waals surface area contributed by atoms with Crippen molar-refractivity contribution in [1.82, 2.24) is 15.1 Å². The second-order valence-corrected chi connectivity index (χ2v) is 5.51. The number of hydrogen-bond acceptors (Lipinski definition) is 4. The first-order chi connectivity index (χ1) is 10.4. The minimum Gasteiger partial charge on any atom is -0.447 e. The number of benzene rings is 1. The average molecular weight is 304 g/mol. The Labute approximate surface area is 128 Å². The Morgan fingerprint density at radius 3 is 2.59 bits per heavy atom. The van der Waals surface area contributed by atoms with Crippen molar-refractivity contribution in [1.29, 1.82) is 0 Å². The Morgan fingerprint density at radius 1 is 1.23 bits per heavy atom. The molecule has 1 aromatic carbocycles. The number of aromatic nitrogens is 2. The van der Waals surface area contributed by atoms with Gasteiger partial charge in [0.15, 0.2) is 0 Å². The third-order valence-electron chi connectivity index (χ3n) is 2.76. The Hall–Kier alpha value is -2.57. The molecule has 0 spiro atoms. The van der Waals surface area contributed by atoms with Gasteiger partial charge in [0.05, 0.1) is 17.8 Å². The van der Waals surface area contributed by atoms with Gasteiger partial charge in [0.1, 0.15) is 0 Å². The molecular formula is C15H20N4O3. The van der Waals surface area contributed by atoms with Crippen LogP contribution in [-0.4, -0.2) is 34.1 Å². The molecule has 1 heterocycles. The average Bonchev–Trinajstić information content (AvgIpc) is 2.79. The van der Waals surface area contributed by atoms with Gasteiger partial charge in [0, 0.05) is 17.1 Å². The monoisotopic (exact) mass is 304 g/mol. The second kappa shape index (κ2) is 6.46. The van der Waals surface area contributed by atoms with Crippen LogP contribution in [0.3, 0.4) is 0 Å². The fourth-order valence-electron chi connectivity index (χ4n) is 1.94. The molecule has 0 saturated heterocycles. The minimum absolute atomic E-state index is 0.0264. The van der Waals surface area contributed by atoms with Gasteiger partial charge in [-0.1, -0.05) is 0 Å². The number of fused-ring (bicyclic) bond motifs is 1. The normalized spacial score (nSPS) is 11.0. The fourth-order valence-corrected chi connectivity index (χ4v) is 1.94. The number of rotatable bonds is 3. The maximum Gasteiger partial charge on any atom is 0.411 e. The lowest BCUT2D eigenvalue weighted by molar-refractivity contribution is 0.130. The molecule has 2 aromatic rings. The first kappa shape index (κ1) is 15.8. The van der Waals surface area contributed by atoms with E-state index in [0.29, 0.717) is 11.2 Å². The van der Waals surface area contributed by atoms with E-state index in [1.165, 1.54) is 4.68 Å². The number of ether oxygens (including phenoxy) is 1. The van der Waals surface area contributed by atoms with E-state index in [0.717, 1.165) is 5.39 Å². The lowest BCUT2D eigenvalue weighted by Crippen LogP contribution is -2.34. The van der Waals surface area contributed by atoms with Crippen LogP contribution < -0.4 is 10.6 Å². The molecule has 0 aliphatic carbocycles. The second-order valence-electron chi connectivity index (χ2n) is 5.51. The summed E-state index contributed by atoms with van der Waals surface area (Å²) < 4.78 is 6.32. The van der Waals surface area contributed by atoms with Gasteiger partial charge in [0.25, 0.3) is 0 Å². The molecule has 0 radical (unpaired) electrons. The van der Waals surface area contributed by atoms with E-state index in [9.17, 15) is 9.59 Å². The Kier molecular flexibility index (Phi) is 4.65. The predicted molar refractivity (Wildman–Crippen MR) is 84.0 cm³/mol. The highest BCUT2D eigenvalue weighted by Crippen LogP contribution is 2.19. The summed E-state index contributed by atoms with van der Waals surface area (Å²) in [4.78, 5) is 23.6. The van der Waals surface area contributed by atoms with E-state index < -0.39 is 6.09 Å². The lowest BCUT2D eigenvalue weighted by atomic mass is 10.2. The van der Waals surface area contributed by atoms with Crippen LogP contribution in [-0.2, 0) is 4.74 Å². The summed E-state index contributed by atoms with van der Waals surface area (Å²) in [6.45, 7) is 7.32. The molecule has 0 unspecified atom stereocenters. The van der Waals surface area contributed by atoms with Gasteiger partial charge in [-0.05, 0) is 45.9 Å². The number of nitrogens with one attached hydrogen (secondary N) is 2. The Morgan fingerprint density at radius 2 is 1.95 bits per heavy atom. The number of hydrogen-bond donors (Lipinski definition) is 2. The molecule has 0 fully saturated rings. The maximum atomic E-state index is 12.0. The highest BCUT2D eigenvalue weighted by Gasteiger charge is 2.12. The van der Waals surface area contributed by atoms with Gasteiger partial charge in [-0.2, -0.15) is 9.78 Å². The van der Waals surface area contributed by atoms with Crippen molar-refractivity contribution < 1.29 is 14.3 Å². The van der Waals surface area contributed by atoms with Crippen molar-refractivity contribution in [3.05, 3.63) is 24.4 Å². The fraction of sp³-hybridized carbons (Fsp3) is 0.400. The van der Waals surface area contributed by atoms with Crippen molar-refractivity contribution in [3.63, 3.8) is 0 Å². The summed E-state index contributed by atoms with van der Waals surface area (Å²) in [5.74, 6) is 0. The van der Waals surface area contributed by atoms with Crippen LogP contribution in [0.2, 0.25) is 0 Å². The largest absolute Gasteiger partial charge is 0.447 e. The standard InChI is InChI=1S/C15H20N4O3/c1-9(2)17-14(20)19-13-6-5-12(7-11(13)8-16-19)18-15(21)22-10(3)4/h5-10H,1-4H3,(H,17,20)(H,18,21). The molecule has 7 heteroatoms. The number of carbonyl (C=O) groups excluding carboxylic acids is 2. The number of nitrogens with zero attached hydrogens (tertiary/aromatic N) is 2. The molecule has 0 atom stereocenters. The van der Waals surface area contributed by atoms with Gasteiger partial charge in [-0.3, -0.25) is 5.32 Å².